The molecule has 0 aromatic heterocycles. The van der Waals surface area contributed by atoms with E-state index in [-0.39, 0.29) is 24.3 Å². The molecule has 0 radical (unpaired) electrons. The van der Waals surface area contributed by atoms with E-state index in [1.807, 2.05) is 0 Å². The molecule has 1 aliphatic rings. The van der Waals surface area contributed by atoms with Gasteiger partial charge in [0.25, 0.3) is 0 Å². The smallest absolute Gasteiger partial charge is 0.237 e. The minimum absolute atomic E-state index is 0.0892. The summed E-state index contributed by atoms with van der Waals surface area (Å²) in [6.07, 6.45) is 1.02. The third kappa shape index (κ3) is 3.27. The van der Waals surface area contributed by atoms with E-state index in [9.17, 15) is 14.3 Å². The highest BCUT2D eigenvalue weighted by atomic mass is 19.1. The van der Waals surface area contributed by atoms with Crippen LogP contribution in [0.25, 0.3) is 0 Å². The van der Waals surface area contributed by atoms with Gasteiger partial charge in [-0.3, -0.25) is 4.79 Å². The lowest BCUT2D eigenvalue weighted by Gasteiger charge is -2.15. The highest BCUT2D eigenvalue weighted by molar-refractivity contribution is 5.82. The average molecular weight is 252 g/mol. The van der Waals surface area contributed by atoms with Crippen LogP contribution in [0.1, 0.15) is 24.5 Å². The number of amides is 1. The first kappa shape index (κ1) is 13.0. The molecular weight excluding hydrogens is 235 g/mol. The van der Waals surface area contributed by atoms with Gasteiger partial charge in [0.2, 0.25) is 5.91 Å². The van der Waals surface area contributed by atoms with Crippen molar-refractivity contribution in [1.29, 1.82) is 0 Å². The zero-order valence-electron chi connectivity index (χ0n) is 10.0. The molecule has 1 aromatic rings. The minimum atomic E-state index is -0.809. The topological polar surface area (TPSA) is 61.4 Å². The molecule has 1 saturated heterocycles. The Morgan fingerprint density at radius 2 is 2.22 bits per heavy atom. The number of rotatable bonds is 4. The van der Waals surface area contributed by atoms with Crippen molar-refractivity contribution in [3.05, 3.63) is 35.6 Å². The molecule has 4 nitrogen and oxygen atoms in total. The average Bonchev–Trinajstić information content (AvgIpc) is 2.90. The van der Waals surface area contributed by atoms with Gasteiger partial charge in [-0.15, -0.1) is 0 Å². The summed E-state index contributed by atoms with van der Waals surface area (Å²) in [6.45, 7) is 1.00. The van der Waals surface area contributed by atoms with Crippen molar-refractivity contribution in [1.82, 2.24) is 10.6 Å². The first-order valence-corrected chi connectivity index (χ1v) is 6.11. The fraction of sp³-hybridized carbons (Fsp3) is 0.462. The molecule has 1 aliphatic heterocycles. The predicted octanol–water partition coefficient (Wildman–Crippen LogP) is 0.727. The van der Waals surface area contributed by atoms with Crippen LogP contribution in [0.5, 0.6) is 0 Å². The largest absolute Gasteiger partial charge is 0.387 e. The summed E-state index contributed by atoms with van der Waals surface area (Å²) < 4.78 is 12.7. The molecule has 0 spiro atoms. The Hall–Kier alpha value is -1.46. The molecule has 3 N–H and O–H groups in total. The highest BCUT2D eigenvalue weighted by Gasteiger charge is 2.22. The van der Waals surface area contributed by atoms with Gasteiger partial charge in [0.05, 0.1) is 12.1 Å². The molecular formula is C13H17FN2O2. The van der Waals surface area contributed by atoms with Crippen molar-refractivity contribution in [2.24, 2.45) is 0 Å². The van der Waals surface area contributed by atoms with E-state index in [2.05, 4.69) is 10.6 Å². The van der Waals surface area contributed by atoms with Crippen molar-refractivity contribution < 1.29 is 14.3 Å². The number of hydrogen-bond acceptors (Lipinski definition) is 3. The zero-order valence-corrected chi connectivity index (χ0v) is 10.0. The van der Waals surface area contributed by atoms with Gasteiger partial charge < -0.3 is 15.7 Å². The van der Waals surface area contributed by atoms with Crippen molar-refractivity contribution >= 4 is 5.91 Å². The lowest BCUT2D eigenvalue weighted by atomic mass is 10.1. The molecule has 1 heterocycles. The minimum Gasteiger partial charge on any atom is -0.387 e. The van der Waals surface area contributed by atoms with Gasteiger partial charge in [0.1, 0.15) is 5.82 Å². The van der Waals surface area contributed by atoms with Crippen LogP contribution < -0.4 is 10.6 Å². The zero-order chi connectivity index (χ0) is 13.0. The van der Waals surface area contributed by atoms with Gasteiger partial charge in [0.15, 0.2) is 0 Å². The Morgan fingerprint density at radius 1 is 1.50 bits per heavy atom. The predicted molar refractivity (Wildman–Crippen MR) is 65.4 cm³/mol. The van der Waals surface area contributed by atoms with E-state index in [1.165, 1.54) is 24.3 Å². The van der Waals surface area contributed by atoms with Crippen LogP contribution in [0.2, 0.25) is 0 Å². The number of aliphatic hydroxyl groups excluding tert-OH is 1. The van der Waals surface area contributed by atoms with Gasteiger partial charge in [-0.25, -0.2) is 4.39 Å². The first-order valence-electron chi connectivity index (χ1n) is 6.11. The maximum absolute atomic E-state index is 12.7. The SMILES string of the molecule is O=C(NCC(O)c1ccc(F)cc1)C1CCCN1. The van der Waals surface area contributed by atoms with Gasteiger partial charge >= 0.3 is 0 Å². The summed E-state index contributed by atoms with van der Waals surface area (Å²) in [6, 6.07) is 5.46. The van der Waals surface area contributed by atoms with Crippen molar-refractivity contribution in [2.75, 3.05) is 13.1 Å². The van der Waals surface area contributed by atoms with E-state index in [4.69, 9.17) is 0 Å². The molecule has 5 heteroatoms. The second kappa shape index (κ2) is 5.93. The van der Waals surface area contributed by atoms with E-state index in [1.54, 1.807) is 0 Å². The van der Waals surface area contributed by atoms with Gasteiger partial charge in [-0.2, -0.15) is 0 Å². The number of benzene rings is 1. The number of carbonyl (C=O) groups is 1. The summed E-state index contributed by atoms with van der Waals surface area (Å²) in [5.41, 5.74) is 0.594. The maximum Gasteiger partial charge on any atom is 0.237 e. The quantitative estimate of drug-likeness (QED) is 0.740. The second-order valence-corrected chi connectivity index (χ2v) is 4.46. The monoisotopic (exact) mass is 252 g/mol. The highest BCUT2D eigenvalue weighted by Crippen LogP contribution is 2.12. The summed E-state index contributed by atoms with van der Waals surface area (Å²) in [5, 5.41) is 15.6. The molecule has 0 saturated carbocycles. The van der Waals surface area contributed by atoms with E-state index < -0.39 is 6.10 Å². The fourth-order valence-electron chi connectivity index (χ4n) is 2.03. The van der Waals surface area contributed by atoms with E-state index in [0.717, 1.165) is 19.4 Å². The summed E-state index contributed by atoms with van der Waals surface area (Å²) >= 11 is 0. The Kier molecular flexibility index (Phi) is 4.28. The van der Waals surface area contributed by atoms with Gasteiger partial charge in [0, 0.05) is 6.54 Å². The number of carbonyl (C=O) groups excluding carboxylic acids is 1. The molecule has 1 fully saturated rings. The van der Waals surface area contributed by atoms with Crippen LogP contribution in [-0.2, 0) is 4.79 Å². The number of nitrogens with one attached hydrogen (secondary N) is 2. The van der Waals surface area contributed by atoms with Gasteiger partial charge in [-0.05, 0) is 37.1 Å². The molecule has 2 rings (SSSR count). The maximum atomic E-state index is 12.7. The van der Waals surface area contributed by atoms with Crippen molar-refractivity contribution in [2.45, 2.75) is 25.0 Å². The molecule has 2 unspecified atom stereocenters. The fourth-order valence-corrected chi connectivity index (χ4v) is 2.03. The Morgan fingerprint density at radius 3 is 2.83 bits per heavy atom. The van der Waals surface area contributed by atoms with Crippen LogP contribution in [-0.4, -0.2) is 30.1 Å². The lowest BCUT2D eigenvalue weighted by molar-refractivity contribution is -0.123. The number of hydrogen-bond donors (Lipinski definition) is 3. The Labute approximate surface area is 105 Å². The van der Waals surface area contributed by atoms with Crippen LogP contribution in [0.4, 0.5) is 4.39 Å². The van der Waals surface area contributed by atoms with Crippen molar-refractivity contribution in [3.63, 3.8) is 0 Å². The van der Waals surface area contributed by atoms with E-state index in [0.29, 0.717) is 5.56 Å². The lowest BCUT2D eigenvalue weighted by Crippen LogP contribution is -2.41. The van der Waals surface area contributed by atoms with Crippen molar-refractivity contribution in [3.8, 4) is 0 Å². The standard InChI is InChI=1S/C13H17FN2O2/c14-10-5-3-9(4-6-10)12(17)8-16-13(18)11-2-1-7-15-11/h3-6,11-12,15,17H,1-2,7-8H2,(H,16,18). The normalized spacial score (nSPS) is 20.7. The summed E-state index contributed by atoms with van der Waals surface area (Å²) in [5.74, 6) is -0.432. The molecule has 2 atom stereocenters. The van der Waals surface area contributed by atoms with Crippen LogP contribution >= 0.6 is 0 Å². The Balaban J connectivity index is 1.82. The van der Waals surface area contributed by atoms with Crippen LogP contribution in [0, 0.1) is 5.82 Å². The summed E-state index contributed by atoms with van der Waals surface area (Å²) in [7, 11) is 0. The first-order chi connectivity index (χ1) is 8.66. The molecule has 0 bridgehead atoms. The second-order valence-electron chi connectivity index (χ2n) is 4.46. The molecule has 18 heavy (non-hydrogen) atoms. The third-order valence-electron chi connectivity index (χ3n) is 3.10. The number of aliphatic hydroxyl groups is 1. The molecule has 1 amide bonds. The van der Waals surface area contributed by atoms with Crippen LogP contribution in [0.3, 0.4) is 0 Å². The third-order valence-corrected chi connectivity index (χ3v) is 3.10. The number of halogens is 1. The Bertz CT molecular complexity index is 402. The molecule has 1 aromatic carbocycles. The van der Waals surface area contributed by atoms with E-state index >= 15 is 0 Å². The molecule has 0 aliphatic carbocycles. The van der Waals surface area contributed by atoms with Crippen LogP contribution in [0.15, 0.2) is 24.3 Å². The summed E-state index contributed by atoms with van der Waals surface area (Å²) in [4.78, 5) is 11.7. The molecule has 98 valence electrons. The van der Waals surface area contributed by atoms with Gasteiger partial charge in [-0.1, -0.05) is 12.1 Å².